The Bertz CT molecular complexity index is 737. The van der Waals surface area contributed by atoms with E-state index in [1.807, 2.05) is 42.5 Å². The quantitative estimate of drug-likeness (QED) is 0.926. The first-order valence-corrected chi connectivity index (χ1v) is 9.33. The van der Waals surface area contributed by atoms with E-state index < -0.39 is 15.8 Å². The number of hydrogen-bond acceptors (Lipinski definition) is 4. The molecule has 1 fully saturated rings. The van der Waals surface area contributed by atoms with Gasteiger partial charge in [-0.05, 0) is 29.7 Å². The second-order valence-corrected chi connectivity index (χ2v) is 7.96. The van der Waals surface area contributed by atoms with Gasteiger partial charge < -0.3 is 5.32 Å². The van der Waals surface area contributed by atoms with Crippen molar-refractivity contribution < 1.29 is 13.2 Å². The molecule has 0 spiro atoms. The second kappa shape index (κ2) is 6.50. The Kier molecular flexibility index (Phi) is 4.43. The molecule has 2 aromatic rings. The van der Waals surface area contributed by atoms with Crippen LogP contribution in [0.15, 0.2) is 54.9 Å². The summed E-state index contributed by atoms with van der Waals surface area (Å²) < 4.78 is 23.2. The Balaban J connectivity index is 1.84. The minimum atomic E-state index is -3.08. The summed E-state index contributed by atoms with van der Waals surface area (Å²) >= 11 is 0. The number of carbonyl (C=O) groups is 1. The van der Waals surface area contributed by atoms with E-state index >= 15 is 0 Å². The van der Waals surface area contributed by atoms with Crippen molar-refractivity contribution in [3.05, 3.63) is 66.0 Å². The van der Waals surface area contributed by atoms with Gasteiger partial charge in [0, 0.05) is 12.4 Å². The van der Waals surface area contributed by atoms with E-state index in [0.29, 0.717) is 6.42 Å². The first-order chi connectivity index (χ1) is 11.1. The van der Waals surface area contributed by atoms with E-state index in [1.54, 1.807) is 12.4 Å². The van der Waals surface area contributed by atoms with Crippen molar-refractivity contribution in [2.24, 2.45) is 5.92 Å². The predicted molar refractivity (Wildman–Crippen MR) is 87.4 cm³/mol. The summed E-state index contributed by atoms with van der Waals surface area (Å²) in [4.78, 5) is 16.5. The molecule has 1 N–H and O–H groups in total. The molecule has 23 heavy (non-hydrogen) atoms. The van der Waals surface area contributed by atoms with Crippen LogP contribution in [-0.2, 0) is 14.6 Å². The number of aromatic nitrogens is 1. The number of benzene rings is 1. The lowest BCUT2D eigenvalue weighted by Crippen LogP contribution is -2.35. The normalized spacial score (nSPS) is 20.8. The monoisotopic (exact) mass is 330 g/mol. The van der Waals surface area contributed by atoms with E-state index in [2.05, 4.69) is 10.3 Å². The summed E-state index contributed by atoms with van der Waals surface area (Å²) in [5.74, 6) is -0.641. The first kappa shape index (κ1) is 15.7. The number of pyridine rings is 1. The number of hydrogen-bond donors (Lipinski definition) is 1. The third kappa shape index (κ3) is 3.76. The lowest BCUT2D eigenvalue weighted by molar-refractivity contribution is -0.124. The van der Waals surface area contributed by atoms with Crippen LogP contribution >= 0.6 is 0 Å². The standard InChI is InChI=1S/C17H18N2O3S/c20-17(15-8-11-23(21,22)12-15)19-16(13-4-2-1-3-5-13)14-6-9-18-10-7-14/h1-7,9-10,15-16H,8,11-12H2,(H,19,20)/t15-,16-/m0/s1. The molecule has 1 amide bonds. The van der Waals surface area contributed by atoms with Crippen molar-refractivity contribution in [3.63, 3.8) is 0 Å². The second-order valence-electron chi connectivity index (χ2n) is 5.73. The Morgan fingerprint density at radius 2 is 1.74 bits per heavy atom. The van der Waals surface area contributed by atoms with Crippen LogP contribution in [0.1, 0.15) is 23.6 Å². The molecule has 5 nitrogen and oxygen atoms in total. The van der Waals surface area contributed by atoms with Crippen LogP contribution in [0.4, 0.5) is 0 Å². The molecule has 0 aliphatic carbocycles. The molecule has 0 saturated carbocycles. The summed E-state index contributed by atoms with van der Waals surface area (Å²) in [7, 11) is -3.08. The Morgan fingerprint density at radius 3 is 2.35 bits per heavy atom. The molecule has 1 aromatic carbocycles. The highest BCUT2D eigenvalue weighted by atomic mass is 32.2. The molecule has 2 atom stereocenters. The van der Waals surface area contributed by atoms with Gasteiger partial charge in [0.05, 0.1) is 23.5 Å². The molecule has 6 heteroatoms. The maximum absolute atomic E-state index is 12.5. The van der Waals surface area contributed by atoms with Gasteiger partial charge in [0.15, 0.2) is 9.84 Å². The van der Waals surface area contributed by atoms with Crippen molar-refractivity contribution in [2.45, 2.75) is 12.5 Å². The van der Waals surface area contributed by atoms with E-state index in [-0.39, 0.29) is 23.5 Å². The van der Waals surface area contributed by atoms with Crippen molar-refractivity contribution >= 4 is 15.7 Å². The molecule has 120 valence electrons. The highest BCUT2D eigenvalue weighted by Crippen LogP contribution is 2.24. The highest BCUT2D eigenvalue weighted by Gasteiger charge is 2.34. The average molecular weight is 330 g/mol. The zero-order valence-electron chi connectivity index (χ0n) is 12.6. The van der Waals surface area contributed by atoms with Crippen LogP contribution in [0.5, 0.6) is 0 Å². The summed E-state index contributed by atoms with van der Waals surface area (Å²) in [5.41, 5.74) is 1.87. The third-order valence-electron chi connectivity index (χ3n) is 4.06. The molecule has 0 unspecified atom stereocenters. The smallest absolute Gasteiger partial charge is 0.224 e. The SMILES string of the molecule is O=C(N[C@@H](c1ccccc1)c1ccncc1)[C@H]1CCS(=O)(=O)C1. The van der Waals surface area contributed by atoms with Crippen LogP contribution in [0.3, 0.4) is 0 Å². The lowest BCUT2D eigenvalue weighted by atomic mass is 9.98. The van der Waals surface area contributed by atoms with Crippen LogP contribution in [0.25, 0.3) is 0 Å². The summed E-state index contributed by atoms with van der Waals surface area (Å²) in [6.07, 6.45) is 3.75. The number of nitrogens with zero attached hydrogens (tertiary/aromatic N) is 1. The minimum Gasteiger partial charge on any atom is -0.345 e. The molecule has 1 saturated heterocycles. The first-order valence-electron chi connectivity index (χ1n) is 7.51. The van der Waals surface area contributed by atoms with Crippen molar-refractivity contribution in [1.82, 2.24) is 10.3 Å². The van der Waals surface area contributed by atoms with Gasteiger partial charge in [-0.2, -0.15) is 0 Å². The Hall–Kier alpha value is -2.21. The van der Waals surface area contributed by atoms with Gasteiger partial charge in [0.2, 0.25) is 5.91 Å². The van der Waals surface area contributed by atoms with Crippen molar-refractivity contribution in [2.75, 3.05) is 11.5 Å². The minimum absolute atomic E-state index is 0.0588. The molecular formula is C17H18N2O3S. The van der Waals surface area contributed by atoms with Gasteiger partial charge >= 0.3 is 0 Å². The van der Waals surface area contributed by atoms with Gasteiger partial charge in [-0.3, -0.25) is 9.78 Å². The van der Waals surface area contributed by atoms with E-state index in [1.165, 1.54) is 0 Å². The zero-order chi connectivity index (χ0) is 16.3. The number of carbonyl (C=O) groups excluding carboxylic acids is 1. The summed E-state index contributed by atoms with van der Waals surface area (Å²) in [5, 5.41) is 3.00. The molecule has 0 radical (unpaired) electrons. The van der Waals surface area contributed by atoms with Gasteiger partial charge in [0.25, 0.3) is 0 Å². The number of amides is 1. The van der Waals surface area contributed by atoms with E-state index in [9.17, 15) is 13.2 Å². The van der Waals surface area contributed by atoms with Crippen LogP contribution < -0.4 is 5.32 Å². The highest BCUT2D eigenvalue weighted by molar-refractivity contribution is 7.91. The molecular weight excluding hydrogens is 312 g/mol. The molecule has 1 aromatic heterocycles. The maximum Gasteiger partial charge on any atom is 0.224 e. The topological polar surface area (TPSA) is 76.1 Å². The molecule has 1 aliphatic heterocycles. The Labute approximate surface area is 135 Å². The largest absolute Gasteiger partial charge is 0.345 e. The predicted octanol–water partition coefficient (Wildman–Crippen LogP) is 1.72. The maximum atomic E-state index is 12.5. The molecule has 2 heterocycles. The van der Waals surface area contributed by atoms with Crippen LogP contribution in [0, 0.1) is 5.92 Å². The molecule has 3 rings (SSSR count). The van der Waals surface area contributed by atoms with Crippen LogP contribution in [-0.4, -0.2) is 30.8 Å². The fraction of sp³-hybridized carbons (Fsp3) is 0.294. The number of sulfone groups is 1. The van der Waals surface area contributed by atoms with Crippen LogP contribution in [0.2, 0.25) is 0 Å². The number of rotatable bonds is 4. The average Bonchev–Trinajstić information content (AvgIpc) is 2.94. The fourth-order valence-corrected chi connectivity index (χ4v) is 4.56. The summed E-state index contributed by atoms with van der Waals surface area (Å²) in [6.45, 7) is 0. The van der Waals surface area contributed by atoms with Crippen molar-refractivity contribution in [3.8, 4) is 0 Å². The lowest BCUT2D eigenvalue weighted by Gasteiger charge is -2.21. The summed E-state index contributed by atoms with van der Waals surface area (Å²) in [6, 6.07) is 13.0. The van der Waals surface area contributed by atoms with E-state index in [4.69, 9.17) is 0 Å². The van der Waals surface area contributed by atoms with Gasteiger partial charge in [-0.15, -0.1) is 0 Å². The number of nitrogens with one attached hydrogen (secondary N) is 1. The zero-order valence-corrected chi connectivity index (χ0v) is 13.4. The van der Waals surface area contributed by atoms with E-state index in [0.717, 1.165) is 11.1 Å². The molecule has 1 aliphatic rings. The third-order valence-corrected chi connectivity index (χ3v) is 5.83. The molecule has 0 bridgehead atoms. The van der Waals surface area contributed by atoms with Gasteiger partial charge in [-0.1, -0.05) is 30.3 Å². The van der Waals surface area contributed by atoms with Gasteiger partial charge in [-0.25, -0.2) is 8.42 Å². The fourth-order valence-electron chi connectivity index (χ4n) is 2.82. The van der Waals surface area contributed by atoms with Crippen molar-refractivity contribution in [1.29, 1.82) is 0 Å². The van der Waals surface area contributed by atoms with Gasteiger partial charge in [0.1, 0.15) is 0 Å². The Morgan fingerprint density at radius 1 is 1.09 bits per heavy atom.